The van der Waals surface area contributed by atoms with Gasteiger partial charge in [0.05, 0.1) is 18.3 Å². The minimum Gasteiger partial charge on any atom is -0.488 e. The van der Waals surface area contributed by atoms with Crippen molar-refractivity contribution in [3.05, 3.63) is 46.4 Å². The lowest BCUT2D eigenvalue weighted by Crippen LogP contribution is -2.50. The number of aliphatic hydroxyl groups is 1. The van der Waals surface area contributed by atoms with Crippen LogP contribution >= 0.6 is 11.3 Å². The molecule has 2 aromatic rings. The third-order valence-electron chi connectivity index (χ3n) is 4.26. The SMILES string of the molecule is CC(C)c1cccc(O[C@@H]2CCN(C(=O)c3cncs3)C[C@H]2O)c1. The van der Waals surface area contributed by atoms with Gasteiger partial charge in [-0.2, -0.15) is 0 Å². The summed E-state index contributed by atoms with van der Waals surface area (Å²) in [5.74, 6) is 1.13. The van der Waals surface area contributed by atoms with E-state index >= 15 is 0 Å². The van der Waals surface area contributed by atoms with Gasteiger partial charge in [-0.1, -0.05) is 26.0 Å². The number of carbonyl (C=O) groups excluding carboxylic acids is 1. The summed E-state index contributed by atoms with van der Waals surface area (Å²) in [6, 6.07) is 7.98. The number of nitrogens with zero attached hydrogens (tertiary/aromatic N) is 2. The number of hydrogen-bond donors (Lipinski definition) is 1. The Morgan fingerprint density at radius 3 is 2.96 bits per heavy atom. The molecule has 0 spiro atoms. The van der Waals surface area contributed by atoms with E-state index < -0.39 is 6.10 Å². The number of hydrogen-bond acceptors (Lipinski definition) is 5. The molecule has 2 heterocycles. The molecule has 0 aliphatic carbocycles. The highest BCUT2D eigenvalue weighted by atomic mass is 32.1. The van der Waals surface area contributed by atoms with Crippen molar-refractivity contribution in [1.82, 2.24) is 9.88 Å². The van der Waals surface area contributed by atoms with Gasteiger partial charge in [0.25, 0.3) is 5.91 Å². The molecule has 0 unspecified atom stereocenters. The maximum atomic E-state index is 12.3. The molecule has 1 aromatic carbocycles. The molecule has 1 N–H and O–H groups in total. The van der Waals surface area contributed by atoms with Gasteiger partial charge in [-0.15, -0.1) is 11.3 Å². The predicted molar refractivity (Wildman–Crippen MR) is 93.6 cm³/mol. The number of likely N-dealkylation sites (tertiary alicyclic amines) is 1. The Labute approximate surface area is 145 Å². The van der Waals surface area contributed by atoms with Crippen molar-refractivity contribution < 1.29 is 14.6 Å². The number of piperidine rings is 1. The second-order valence-corrected chi connectivity index (χ2v) is 7.24. The number of aromatic nitrogens is 1. The van der Waals surface area contributed by atoms with Crippen LogP contribution in [0.4, 0.5) is 0 Å². The third-order valence-corrected chi connectivity index (χ3v) is 5.02. The van der Waals surface area contributed by atoms with Crippen LogP contribution in [-0.4, -0.2) is 46.2 Å². The summed E-state index contributed by atoms with van der Waals surface area (Å²) in [5.41, 5.74) is 2.85. The number of amides is 1. The molecular weight excluding hydrogens is 324 g/mol. The topological polar surface area (TPSA) is 62.7 Å². The van der Waals surface area contributed by atoms with Crippen LogP contribution in [0.2, 0.25) is 0 Å². The normalized spacial score (nSPS) is 21.1. The summed E-state index contributed by atoms with van der Waals surface area (Å²) >= 11 is 1.32. The van der Waals surface area contributed by atoms with Gasteiger partial charge in [0.1, 0.15) is 22.8 Å². The minimum atomic E-state index is -0.696. The van der Waals surface area contributed by atoms with E-state index in [4.69, 9.17) is 4.74 Å². The Morgan fingerprint density at radius 2 is 2.29 bits per heavy atom. The molecule has 1 aliphatic heterocycles. The molecule has 0 saturated carbocycles. The van der Waals surface area contributed by atoms with Gasteiger partial charge in [-0.25, -0.2) is 0 Å². The lowest BCUT2D eigenvalue weighted by Gasteiger charge is -2.35. The van der Waals surface area contributed by atoms with E-state index in [1.807, 2.05) is 18.2 Å². The zero-order valence-corrected chi connectivity index (χ0v) is 14.7. The largest absolute Gasteiger partial charge is 0.488 e. The highest BCUT2D eigenvalue weighted by molar-refractivity contribution is 7.11. The molecule has 0 bridgehead atoms. The van der Waals surface area contributed by atoms with Gasteiger partial charge in [0.2, 0.25) is 0 Å². The van der Waals surface area contributed by atoms with Gasteiger partial charge >= 0.3 is 0 Å². The fourth-order valence-electron chi connectivity index (χ4n) is 2.83. The van der Waals surface area contributed by atoms with Crippen LogP contribution in [-0.2, 0) is 0 Å². The highest BCUT2D eigenvalue weighted by Crippen LogP contribution is 2.24. The molecule has 2 atom stereocenters. The monoisotopic (exact) mass is 346 g/mol. The zero-order chi connectivity index (χ0) is 17.1. The Balaban J connectivity index is 1.62. The number of ether oxygens (including phenoxy) is 1. The molecule has 1 fully saturated rings. The first-order chi connectivity index (χ1) is 11.5. The van der Waals surface area contributed by atoms with Crippen LogP contribution in [0.25, 0.3) is 0 Å². The number of aliphatic hydroxyl groups excluding tert-OH is 1. The summed E-state index contributed by atoms with van der Waals surface area (Å²) in [5, 5.41) is 10.4. The summed E-state index contributed by atoms with van der Waals surface area (Å²) in [4.78, 5) is 18.5. The number of carbonyl (C=O) groups is 1. The summed E-state index contributed by atoms with van der Waals surface area (Å²) < 4.78 is 5.98. The van der Waals surface area contributed by atoms with Crippen LogP contribution in [0.3, 0.4) is 0 Å². The molecule has 1 aliphatic rings. The average molecular weight is 346 g/mol. The van der Waals surface area contributed by atoms with Crippen LogP contribution in [0.15, 0.2) is 36.0 Å². The van der Waals surface area contributed by atoms with Gasteiger partial charge in [0.15, 0.2) is 0 Å². The number of rotatable bonds is 4. The Hall–Kier alpha value is -1.92. The zero-order valence-electron chi connectivity index (χ0n) is 13.9. The molecule has 1 amide bonds. The van der Waals surface area contributed by atoms with Gasteiger partial charge in [0, 0.05) is 13.0 Å². The average Bonchev–Trinajstić information content (AvgIpc) is 3.11. The van der Waals surface area contributed by atoms with Crippen LogP contribution < -0.4 is 4.74 Å². The number of benzene rings is 1. The standard InChI is InChI=1S/C18H22N2O3S/c1-12(2)13-4-3-5-14(8-13)23-16-6-7-20(10-15(16)21)18(22)17-9-19-11-24-17/h3-5,8-9,11-12,15-16,21H,6-7,10H2,1-2H3/t15-,16-/m1/s1. The summed E-state index contributed by atoms with van der Waals surface area (Å²) in [7, 11) is 0. The van der Waals surface area contributed by atoms with E-state index in [9.17, 15) is 9.90 Å². The van der Waals surface area contributed by atoms with Crippen molar-refractivity contribution in [3.63, 3.8) is 0 Å². The van der Waals surface area contributed by atoms with E-state index in [1.165, 1.54) is 16.9 Å². The van der Waals surface area contributed by atoms with Gasteiger partial charge < -0.3 is 14.7 Å². The highest BCUT2D eigenvalue weighted by Gasteiger charge is 2.32. The van der Waals surface area contributed by atoms with Crippen molar-refractivity contribution in [2.24, 2.45) is 0 Å². The molecule has 3 rings (SSSR count). The van der Waals surface area contributed by atoms with E-state index in [2.05, 4.69) is 24.9 Å². The summed E-state index contributed by atoms with van der Waals surface area (Å²) in [6.07, 6.45) is 1.19. The Kier molecular flexibility index (Phi) is 5.16. The van der Waals surface area contributed by atoms with Gasteiger partial charge in [-0.05, 0) is 23.6 Å². The van der Waals surface area contributed by atoms with E-state index in [-0.39, 0.29) is 18.6 Å². The minimum absolute atomic E-state index is 0.0724. The first kappa shape index (κ1) is 16.9. The molecule has 128 valence electrons. The molecule has 24 heavy (non-hydrogen) atoms. The quantitative estimate of drug-likeness (QED) is 0.925. The predicted octanol–water partition coefficient (Wildman–Crippen LogP) is 2.92. The Bertz CT molecular complexity index is 687. The second-order valence-electron chi connectivity index (χ2n) is 6.36. The van der Waals surface area contributed by atoms with E-state index in [0.717, 1.165) is 5.75 Å². The van der Waals surface area contributed by atoms with Crippen molar-refractivity contribution in [1.29, 1.82) is 0 Å². The first-order valence-electron chi connectivity index (χ1n) is 8.17. The van der Waals surface area contributed by atoms with Crippen LogP contribution in [0, 0.1) is 0 Å². The van der Waals surface area contributed by atoms with E-state index in [1.54, 1.807) is 16.6 Å². The van der Waals surface area contributed by atoms with Crippen LogP contribution in [0.1, 0.15) is 41.4 Å². The third kappa shape index (κ3) is 3.76. The smallest absolute Gasteiger partial charge is 0.265 e. The number of thiazole rings is 1. The fraction of sp³-hybridized carbons (Fsp3) is 0.444. The van der Waals surface area contributed by atoms with E-state index in [0.29, 0.717) is 23.8 Å². The van der Waals surface area contributed by atoms with Crippen molar-refractivity contribution in [2.75, 3.05) is 13.1 Å². The molecule has 5 nitrogen and oxygen atoms in total. The lowest BCUT2D eigenvalue weighted by molar-refractivity contribution is -0.0197. The molecule has 0 radical (unpaired) electrons. The molecule has 1 saturated heterocycles. The van der Waals surface area contributed by atoms with Crippen molar-refractivity contribution in [2.45, 2.75) is 38.4 Å². The Morgan fingerprint density at radius 1 is 1.46 bits per heavy atom. The van der Waals surface area contributed by atoms with Gasteiger partial charge in [-0.3, -0.25) is 9.78 Å². The van der Waals surface area contributed by atoms with Crippen molar-refractivity contribution in [3.8, 4) is 5.75 Å². The fourth-order valence-corrected chi connectivity index (χ4v) is 3.42. The first-order valence-corrected chi connectivity index (χ1v) is 9.05. The maximum absolute atomic E-state index is 12.3. The molecule has 6 heteroatoms. The van der Waals surface area contributed by atoms with Crippen molar-refractivity contribution >= 4 is 17.2 Å². The second kappa shape index (κ2) is 7.32. The van der Waals surface area contributed by atoms with Crippen LogP contribution in [0.5, 0.6) is 5.75 Å². The lowest BCUT2D eigenvalue weighted by atomic mass is 10.0. The molecular formula is C18H22N2O3S. The molecule has 1 aromatic heterocycles. The number of β-amino-alcohol motifs (C(OH)–C–C–N with tert-alkyl or cyclic N) is 1. The summed E-state index contributed by atoms with van der Waals surface area (Å²) in [6.45, 7) is 5.13. The maximum Gasteiger partial charge on any atom is 0.265 e.